The fourth-order valence-corrected chi connectivity index (χ4v) is 2.66. The van der Waals surface area contributed by atoms with Crippen LogP contribution in [0.1, 0.15) is 31.0 Å². The molecule has 2 heterocycles. The molecule has 0 saturated carbocycles. The van der Waals surface area contributed by atoms with E-state index in [1.807, 2.05) is 41.2 Å². The number of hydrogen-bond donors (Lipinski definition) is 2. The van der Waals surface area contributed by atoms with Crippen molar-refractivity contribution in [1.29, 1.82) is 0 Å². The summed E-state index contributed by atoms with van der Waals surface area (Å²) in [5.41, 5.74) is 8.79. The second-order valence-corrected chi connectivity index (χ2v) is 6.15. The van der Waals surface area contributed by atoms with Gasteiger partial charge in [-0.25, -0.2) is 9.67 Å². The normalized spacial score (nSPS) is 11.0. The van der Waals surface area contributed by atoms with Gasteiger partial charge in [0.2, 0.25) is 5.95 Å². The molecule has 3 N–H and O–H groups in total. The Morgan fingerprint density at radius 1 is 1.21 bits per heavy atom. The van der Waals surface area contributed by atoms with Gasteiger partial charge in [0.1, 0.15) is 11.0 Å². The maximum Gasteiger partial charge on any atom is 0.223 e. The van der Waals surface area contributed by atoms with E-state index in [9.17, 15) is 0 Å². The van der Waals surface area contributed by atoms with Crippen molar-refractivity contribution in [3.8, 4) is 5.69 Å². The number of nitrogens with one attached hydrogen (secondary N) is 1. The predicted molar refractivity (Wildman–Crippen MR) is 96.4 cm³/mol. The zero-order valence-electron chi connectivity index (χ0n) is 13.6. The zero-order valence-corrected chi connectivity index (χ0v) is 14.3. The lowest BCUT2D eigenvalue weighted by Crippen LogP contribution is -2.06. The number of benzene rings is 1. The van der Waals surface area contributed by atoms with Crippen molar-refractivity contribution in [3.05, 3.63) is 59.0 Å². The topological polar surface area (TPSA) is 81.7 Å². The van der Waals surface area contributed by atoms with Crippen LogP contribution in [0.5, 0.6) is 0 Å². The Hall–Kier alpha value is -2.60. The molecule has 0 fully saturated rings. The minimum Gasteiger partial charge on any atom is -0.368 e. The van der Waals surface area contributed by atoms with Gasteiger partial charge in [0.15, 0.2) is 0 Å². The average molecular weight is 343 g/mol. The summed E-state index contributed by atoms with van der Waals surface area (Å²) in [6.07, 6.45) is 2.03. The van der Waals surface area contributed by atoms with Gasteiger partial charge in [-0.05, 0) is 18.1 Å². The molecular weight excluding hydrogens is 324 g/mol. The maximum absolute atomic E-state index is 5.91. The number of nitrogens with zero attached hydrogens (tertiary/aromatic N) is 4. The molecule has 0 amide bonds. The number of halogens is 1. The minimum absolute atomic E-state index is 0.147. The molecule has 0 saturated heterocycles. The van der Waals surface area contributed by atoms with Crippen LogP contribution in [0.15, 0.2) is 42.6 Å². The molecule has 0 aliphatic rings. The molecule has 0 aliphatic carbocycles. The van der Waals surface area contributed by atoms with Gasteiger partial charge in [-0.2, -0.15) is 10.1 Å². The summed E-state index contributed by atoms with van der Waals surface area (Å²) in [5.74, 6) is 1.05. The number of anilines is 2. The summed E-state index contributed by atoms with van der Waals surface area (Å²) in [7, 11) is 0. The van der Waals surface area contributed by atoms with Crippen LogP contribution in [-0.2, 0) is 6.54 Å². The molecule has 0 atom stereocenters. The molecule has 1 aromatic carbocycles. The summed E-state index contributed by atoms with van der Waals surface area (Å²) in [6.45, 7) is 4.83. The lowest BCUT2D eigenvalue weighted by molar-refractivity contribution is 0.763. The minimum atomic E-state index is 0.147. The molecule has 7 heteroatoms. The quantitative estimate of drug-likeness (QED) is 0.692. The Labute approximate surface area is 145 Å². The van der Waals surface area contributed by atoms with Crippen molar-refractivity contribution >= 4 is 23.4 Å². The van der Waals surface area contributed by atoms with E-state index in [1.165, 1.54) is 0 Å². The predicted octanol–water partition coefficient (Wildman–Crippen LogP) is 3.63. The van der Waals surface area contributed by atoms with Gasteiger partial charge < -0.3 is 11.1 Å². The molecule has 0 aliphatic heterocycles. The highest BCUT2D eigenvalue weighted by atomic mass is 35.5. The largest absolute Gasteiger partial charge is 0.368 e. The van der Waals surface area contributed by atoms with Crippen molar-refractivity contribution in [2.45, 2.75) is 26.3 Å². The molecule has 2 aromatic heterocycles. The standard InChI is InChI=1S/C17H19ClN6/c1-11(2)16-12(9-20-15-8-14(18)21-17(19)22-15)10-24(23-16)13-6-4-3-5-7-13/h3-8,10-11H,9H2,1-2H3,(H3,19,20,21,22). The molecule has 3 aromatic rings. The third-order valence-corrected chi connectivity index (χ3v) is 3.76. The van der Waals surface area contributed by atoms with Gasteiger partial charge in [0, 0.05) is 24.4 Å². The first-order valence-corrected chi connectivity index (χ1v) is 8.08. The van der Waals surface area contributed by atoms with Crippen LogP contribution < -0.4 is 11.1 Å². The van der Waals surface area contributed by atoms with Crippen LogP contribution in [0.3, 0.4) is 0 Å². The Kier molecular flexibility index (Phi) is 4.66. The molecule has 124 valence electrons. The Bertz CT molecular complexity index is 808. The second-order valence-electron chi connectivity index (χ2n) is 5.76. The fraction of sp³-hybridized carbons (Fsp3) is 0.235. The van der Waals surface area contributed by atoms with Crippen LogP contribution in [-0.4, -0.2) is 19.7 Å². The molecule has 6 nitrogen and oxygen atoms in total. The van der Waals surface area contributed by atoms with E-state index in [2.05, 4.69) is 29.1 Å². The summed E-state index contributed by atoms with van der Waals surface area (Å²) < 4.78 is 1.90. The van der Waals surface area contributed by atoms with E-state index in [-0.39, 0.29) is 5.95 Å². The van der Waals surface area contributed by atoms with Crippen LogP contribution in [0.2, 0.25) is 5.15 Å². The van der Waals surface area contributed by atoms with Gasteiger partial charge in [-0.15, -0.1) is 0 Å². The van der Waals surface area contributed by atoms with Crippen molar-refractivity contribution in [1.82, 2.24) is 19.7 Å². The van der Waals surface area contributed by atoms with Crippen molar-refractivity contribution < 1.29 is 0 Å². The summed E-state index contributed by atoms with van der Waals surface area (Å²) in [6, 6.07) is 11.7. The van der Waals surface area contributed by atoms with E-state index in [0.717, 1.165) is 16.9 Å². The Morgan fingerprint density at radius 2 is 1.96 bits per heavy atom. The van der Waals surface area contributed by atoms with E-state index < -0.39 is 0 Å². The fourth-order valence-electron chi connectivity index (χ4n) is 2.47. The van der Waals surface area contributed by atoms with Crippen LogP contribution in [0, 0.1) is 0 Å². The molecule has 0 unspecified atom stereocenters. The SMILES string of the molecule is CC(C)c1nn(-c2ccccc2)cc1CNc1cc(Cl)nc(N)n1. The van der Waals surface area contributed by atoms with Gasteiger partial charge in [-0.1, -0.05) is 43.6 Å². The first kappa shape index (κ1) is 16.3. The third kappa shape index (κ3) is 3.65. The lowest BCUT2D eigenvalue weighted by atomic mass is 10.1. The zero-order chi connectivity index (χ0) is 17.1. The molecule has 3 rings (SSSR count). The van der Waals surface area contributed by atoms with Crippen molar-refractivity contribution in [2.24, 2.45) is 0 Å². The highest BCUT2D eigenvalue weighted by Gasteiger charge is 2.13. The summed E-state index contributed by atoms with van der Waals surface area (Å²) in [5, 5.41) is 8.27. The van der Waals surface area contributed by atoms with E-state index in [4.69, 9.17) is 22.4 Å². The van der Waals surface area contributed by atoms with Crippen molar-refractivity contribution in [2.75, 3.05) is 11.1 Å². The van der Waals surface area contributed by atoms with Crippen molar-refractivity contribution in [3.63, 3.8) is 0 Å². The maximum atomic E-state index is 5.91. The number of nitrogen functional groups attached to an aromatic ring is 1. The van der Waals surface area contributed by atoms with Crippen LogP contribution >= 0.6 is 11.6 Å². The number of aromatic nitrogens is 4. The number of para-hydroxylation sites is 1. The molecular formula is C17H19ClN6. The molecule has 0 bridgehead atoms. The lowest BCUT2D eigenvalue weighted by Gasteiger charge is -2.08. The smallest absolute Gasteiger partial charge is 0.223 e. The van der Waals surface area contributed by atoms with Crippen LogP contribution in [0.25, 0.3) is 5.69 Å². The summed E-state index contributed by atoms with van der Waals surface area (Å²) >= 11 is 5.91. The van der Waals surface area contributed by atoms with E-state index in [0.29, 0.717) is 23.4 Å². The van der Waals surface area contributed by atoms with Gasteiger partial charge >= 0.3 is 0 Å². The Balaban J connectivity index is 1.85. The monoisotopic (exact) mass is 342 g/mol. The molecule has 0 spiro atoms. The van der Waals surface area contributed by atoms with Crippen LogP contribution in [0.4, 0.5) is 11.8 Å². The first-order chi connectivity index (χ1) is 11.5. The van der Waals surface area contributed by atoms with Gasteiger partial charge in [-0.3, -0.25) is 0 Å². The van der Waals surface area contributed by atoms with E-state index in [1.54, 1.807) is 6.07 Å². The highest BCUT2D eigenvalue weighted by Crippen LogP contribution is 2.21. The van der Waals surface area contributed by atoms with Gasteiger partial charge in [0.05, 0.1) is 11.4 Å². The Morgan fingerprint density at radius 3 is 2.62 bits per heavy atom. The average Bonchev–Trinajstić information content (AvgIpc) is 2.97. The summed E-state index contributed by atoms with van der Waals surface area (Å²) in [4.78, 5) is 7.99. The third-order valence-electron chi connectivity index (χ3n) is 3.56. The molecule has 0 radical (unpaired) electrons. The van der Waals surface area contributed by atoms with E-state index >= 15 is 0 Å². The number of nitrogens with two attached hydrogens (primary N) is 1. The second kappa shape index (κ2) is 6.88. The number of rotatable bonds is 5. The molecule has 24 heavy (non-hydrogen) atoms. The van der Waals surface area contributed by atoms with Gasteiger partial charge in [0.25, 0.3) is 0 Å². The number of hydrogen-bond acceptors (Lipinski definition) is 5. The first-order valence-electron chi connectivity index (χ1n) is 7.70. The highest BCUT2D eigenvalue weighted by molar-refractivity contribution is 6.29.